The van der Waals surface area contributed by atoms with Gasteiger partial charge in [-0.15, -0.1) is 0 Å². The molecule has 106 valence electrons. The summed E-state index contributed by atoms with van der Waals surface area (Å²) in [7, 11) is 0. The predicted octanol–water partition coefficient (Wildman–Crippen LogP) is 0.315. The minimum absolute atomic E-state index is 0.0998. The van der Waals surface area contributed by atoms with Crippen LogP contribution in [0.15, 0.2) is 0 Å². The van der Waals surface area contributed by atoms with Crippen molar-refractivity contribution in [1.82, 2.24) is 15.5 Å². The lowest BCUT2D eigenvalue weighted by Crippen LogP contribution is -2.50. The average molecular weight is 259 g/mol. The molecule has 0 spiro atoms. The third kappa shape index (κ3) is 8.95. The molecule has 0 aliphatic rings. The van der Waals surface area contributed by atoms with Gasteiger partial charge in [0.25, 0.3) is 0 Å². The van der Waals surface area contributed by atoms with Crippen molar-refractivity contribution >= 4 is 11.9 Å². The van der Waals surface area contributed by atoms with Gasteiger partial charge in [-0.3, -0.25) is 15.0 Å². The van der Waals surface area contributed by atoms with Crippen LogP contribution in [0.4, 0.5) is 4.79 Å². The van der Waals surface area contributed by atoms with Gasteiger partial charge in [-0.05, 0) is 33.7 Å². The molecule has 6 nitrogen and oxygen atoms in total. The fraction of sp³-hybridized carbons (Fsp3) is 0.833. The third-order valence-corrected chi connectivity index (χ3v) is 2.19. The van der Waals surface area contributed by atoms with E-state index in [9.17, 15) is 9.59 Å². The maximum Gasteiger partial charge on any atom is 0.321 e. The Labute approximate surface area is 109 Å². The second kappa shape index (κ2) is 8.05. The van der Waals surface area contributed by atoms with Crippen molar-refractivity contribution in [3.05, 3.63) is 0 Å². The van der Waals surface area contributed by atoms with E-state index in [0.29, 0.717) is 19.5 Å². The van der Waals surface area contributed by atoms with Crippen molar-refractivity contribution in [2.45, 2.75) is 39.7 Å². The quantitative estimate of drug-likeness (QED) is 0.641. The third-order valence-electron chi connectivity index (χ3n) is 2.19. The average Bonchev–Trinajstić information content (AvgIpc) is 2.20. The number of urea groups is 1. The van der Waals surface area contributed by atoms with E-state index in [2.05, 4.69) is 10.6 Å². The van der Waals surface area contributed by atoms with E-state index in [0.717, 1.165) is 0 Å². The Morgan fingerprint density at radius 3 is 2.33 bits per heavy atom. The minimum Gasteiger partial charge on any atom is -0.396 e. The van der Waals surface area contributed by atoms with Crippen LogP contribution in [-0.4, -0.2) is 53.7 Å². The highest BCUT2D eigenvalue weighted by molar-refractivity contribution is 5.95. The van der Waals surface area contributed by atoms with Crippen LogP contribution in [0.2, 0.25) is 0 Å². The number of nitrogens with zero attached hydrogens (tertiary/aromatic N) is 1. The first kappa shape index (κ1) is 16.9. The summed E-state index contributed by atoms with van der Waals surface area (Å²) < 4.78 is 0. The minimum atomic E-state index is -0.481. The number of likely N-dealkylation sites (N-methyl/N-ethyl adjacent to an activating group) is 1. The van der Waals surface area contributed by atoms with Crippen LogP contribution < -0.4 is 10.6 Å². The second-order valence-electron chi connectivity index (χ2n) is 5.20. The molecule has 3 N–H and O–H groups in total. The van der Waals surface area contributed by atoms with E-state index in [1.807, 2.05) is 32.6 Å². The van der Waals surface area contributed by atoms with Crippen LogP contribution in [0.5, 0.6) is 0 Å². The first-order valence-electron chi connectivity index (χ1n) is 6.23. The highest BCUT2D eigenvalue weighted by Crippen LogP contribution is 1.97. The Morgan fingerprint density at radius 1 is 1.28 bits per heavy atom. The van der Waals surface area contributed by atoms with Gasteiger partial charge in [-0.2, -0.15) is 0 Å². The first-order valence-corrected chi connectivity index (χ1v) is 6.23. The number of nitrogens with one attached hydrogen (secondary N) is 2. The summed E-state index contributed by atoms with van der Waals surface area (Å²) in [6.45, 7) is 9.07. The van der Waals surface area contributed by atoms with Gasteiger partial charge in [-0.1, -0.05) is 6.92 Å². The number of hydrogen-bond donors (Lipinski definition) is 3. The molecule has 3 amide bonds. The summed E-state index contributed by atoms with van der Waals surface area (Å²) in [4.78, 5) is 24.9. The molecule has 0 bridgehead atoms. The number of carbonyl (C=O) groups is 2. The topological polar surface area (TPSA) is 81.7 Å². The van der Waals surface area contributed by atoms with E-state index < -0.39 is 6.03 Å². The zero-order chi connectivity index (χ0) is 14.2. The van der Waals surface area contributed by atoms with Crippen molar-refractivity contribution in [1.29, 1.82) is 0 Å². The number of aliphatic hydroxyl groups excluding tert-OH is 1. The summed E-state index contributed by atoms with van der Waals surface area (Å²) in [5.74, 6) is -0.337. The molecule has 6 heteroatoms. The Kier molecular flexibility index (Phi) is 7.54. The molecule has 0 rings (SSSR count). The van der Waals surface area contributed by atoms with Crippen LogP contribution in [0, 0.1) is 0 Å². The van der Waals surface area contributed by atoms with Gasteiger partial charge in [0.2, 0.25) is 5.91 Å². The van der Waals surface area contributed by atoms with Gasteiger partial charge in [0.05, 0.1) is 6.54 Å². The Hall–Kier alpha value is -1.14. The van der Waals surface area contributed by atoms with Crippen LogP contribution in [0.3, 0.4) is 0 Å². The Balaban J connectivity index is 4.04. The number of aliphatic hydroxyl groups is 1. The maximum atomic E-state index is 11.6. The lowest BCUT2D eigenvalue weighted by molar-refractivity contribution is -0.121. The van der Waals surface area contributed by atoms with Gasteiger partial charge in [-0.25, -0.2) is 4.79 Å². The molecule has 0 aromatic rings. The van der Waals surface area contributed by atoms with Gasteiger partial charge < -0.3 is 10.4 Å². The van der Waals surface area contributed by atoms with Gasteiger partial charge in [0.15, 0.2) is 0 Å². The molecular weight excluding hydrogens is 234 g/mol. The molecular formula is C12H25N3O3. The lowest BCUT2D eigenvalue weighted by atomic mass is 10.1. The van der Waals surface area contributed by atoms with E-state index >= 15 is 0 Å². The van der Waals surface area contributed by atoms with Crippen molar-refractivity contribution in [3.63, 3.8) is 0 Å². The highest BCUT2D eigenvalue weighted by Gasteiger charge is 2.16. The number of amides is 3. The largest absolute Gasteiger partial charge is 0.396 e. The van der Waals surface area contributed by atoms with E-state index in [4.69, 9.17) is 5.11 Å². The van der Waals surface area contributed by atoms with Gasteiger partial charge in [0, 0.05) is 18.7 Å². The molecule has 18 heavy (non-hydrogen) atoms. The standard InChI is InChI=1S/C12H25N3O3/c1-5-15(7-6-8-16)9-10(17)13-11(18)14-12(2,3)4/h16H,5-9H2,1-4H3,(H2,13,14,17,18). The molecule has 0 atom stereocenters. The fourth-order valence-electron chi connectivity index (χ4n) is 1.38. The van der Waals surface area contributed by atoms with Crippen LogP contribution in [0.25, 0.3) is 0 Å². The molecule has 0 aliphatic heterocycles. The molecule has 0 radical (unpaired) electrons. The zero-order valence-corrected chi connectivity index (χ0v) is 11.7. The van der Waals surface area contributed by atoms with Gasteiger partial charge in [0.1, 0.15) is 0 Å². The Bertz CT molecular complexity index is 274. The van der Waals surface area contributed by atoms with E-state index in [1.165, 1.54) is 0 Å². The van der Waals surface area contributed by atoms with Gasteiger partial charge >= 0.3 is 6.03 Å². The molecule has 0 fully saturated rings. The highest BCUT2D eigenvalue weighted by atomic mass is 16.3. The summed E-state index contributed by atoms with van der Waals surface area (Å²) in [6.07, 6.45) is 0.620. The molecule has 0 unspecified atom stereocenters. The van der Waals surface area contributed by atoms with Crippen molar-refractivity contribution in [2.75, 3.05) is 26.2 Å². The summed E-state index contributed by atoms with van der Waals surface area (Å²) in [5.41, 5.74) is -0.369. The summed E-state index contributed by atoms with van der Waals surface area (Å²) in [5, 5.41) is 13.7. The smallest absolute Gasteiger partial charge is 0.321 e. The molecule has 0 aromatic carbocycles. The first-order chi connectivity index (χ1) is 8.28. The summed E-state index contributed by atoms with van der Waals surface area (Å²) >= 11 is 0. The molecule has 0 saturated heterocycles. The molecule has 0 heterocycles. The monoisotopic (exact) mass is 259 g/mol. The van der Waals surface area contributed by atoms with E-state index in [1.54, 1.807) is 0 Å². The second-order valence-corrected chi connectivity index (χ2v) is 5.20. The predicted molar refractivity (Wildman–Crippen MR) is 70.2 cm³/mol. The number of carbonyl (C=O) groups excluding carboxylic acids is 2. The molecule has 0 saturated carbocycles. The fourth-order valence-corrected chi connectivity index (χ4v) is 1.38. The zero-order valence-electron chi connectivity index (χ0n) is 11.7. The number of rotatable bonds is 6. The normalized spacial score (nSPS) is 11.4. The van der Waals surface area contributed by atoms with Crippen LogP contribution in [-0.2, 0) is 4.79 Å². The maximum absolute atomic E-state index is 11.6. The summed E-state index contributed by atoms with van der Waals surface area (Å²) in [6, 6.07) is -0.481. The lowest BCUT2D eigenvalue weighted by Gasteiger charge is -2.22. The van der Waals surface area contributed by atoms with Crippen LogP contribution >= 0.6 is 0 Å². The van der Waals surface area contributed by atoms with Crippen LogP contribution in [0.1, 0.15) is 34.1 Å². The van der Waals surface area contributed by atoms with Crippen molar-refractivity contribution in [3.8, 4) is 0 Å². The Morgan fingerprint density at radius 2 is 1.89 bits per heavy atom. The molecule has 0 aliphatic carbocycles. The number of hydrogen-bond acceptors (Lipinski definition) is 4. The van der Waals surface area contributed by atoms with Crippen molar-refractivity contribution in [2.24, 2.45) is 0 Å². The number of imide groups is 1. The SMILES string of the molecule is CCN(CCCO)CC(=O)NC(=O)NC(C)(C)C. The van der Waals surface area contributed by atoms with Crippen molar-refractivity contribution < 1.29 is 14.7 Å². The molecule has 0 aromatic heterocycles. The van der Waals surface area contributed by atoms with E-state index in [-0.39, 0.29) is 24.6 Å².